The highest BCUT2D eigenvalue weighted by atomic mass is 16.5. The zero-order chi connectivity index (χ0) is 22.1. The fourth-order valence-corrected chi connectivity index (χ4v) is 3.15. The van der Waals surface area contributed by atoms with Gasteiger partial charge in [-0.1, -0.05) is 30.3 Å². The van der Waals surface area contributed by atoms with Gasteiger partial charge in [0.1, 0.15) is 5.75 Å². The maximum absolute atomic E-state index is 12.2. The molecule has 8 nitrogen and oxygen atoms in total. The molecule has 2 aromatic carbocycles. The SMILES string of the molecule is COc1ccccc1C(=O)NCCC(=O)OCC(=O)NCCc1c[nH]c2ccccc12. The van der Waals surface area contributed by atoms with Crippen LogP contribution in [-0.2, 0) is 20.7 Å². The van der Waals surface area contributed by atoms with Gasteiger partial charge in [0.2, 0.25) is 0 Å². The Hall–Kier alpha value is -3.81. The summed E-state index contributed by atoms with van der Waals surface area (Å²) < 4.78 is 10.1. The Bertz CT molecular complexity index is 1060. The highest BCUT2D eigenvalue weighted by Gasteiger charge is 2.12. The number of methoxy groups -OCH3 is 1. The molecule has 0 bridgehead atoms. The van der Waals surface area contributed by atoms with Crippen LogP contribution < -0.4 is 15.4 Å². The number of ether oxygens (including phenoxy) is 2. The van der Waals surface area contributed by atoms with Crippen LogP contribution in [0.2, 0.25) is 0 Å². The van der Waals surface area contributed by atoms with Crippen LogP contribution in [0, 0.1) is 0 Å². The van der Waals surface area contributed by atoms with Crippen molar-refractivity contribution in [1.29, 1.82) is 0 Å². The Morgan fingerprint density at radius 1 is 0.968 bits per heavy atom. The number of amides is 2. The molecule has 2 amide bonds. The average Bonchev–Trinajstić information content (AvgIpc) is 3.20. The molecule has 0 atom stereocenters. The Morgan fingerprint density at radius 3 is 2.58 bits per heavy atom. The Labute approximate surface area is 179 Å². The zero-order valence-corrected chi connectivity index (χ0v) is 17.3. The van der Waals surface area contributed by atoms with Gasteiger partial charge in [0.05, 0.1) is 19.1 Å². The molecule has 0 saturated carbocycles. The highest BCUT2D eigenvalue weighted by Crippen LogP contribution is 2.18. The van der Waals surface area contributed by atoms with E-state index in [9.17, 15) is 14.4 Å². The number of carbonyl (C=O) groups excluding carboxylic acids is 3. The third-order valence-corrected chi connectivity index (χ3v) is 4.72. The van der Waals surface area contributed by atoms with Crippen LogP contribution in [0.15, 0.2) is 54.7 Å². The number of rotatable bonds is 10. The number of benzene rings is 2. The fraction of sp³-hybridized carbons (Fsp3) is 0.261. The number of H-pyrrole nitrogens is 1. The van der Waals surface area contributed by atoms with Crippen molar-refractivity contribution in [2.45, 2.75) is 12.8 Å². The molecule has 31 heavy (non-hydrogen) atoms. The third kappa shape index (κ3) is 6.08. The number of nitrogens with one attached hydrogen (secondary N) is 3. The van der Waals surface area contributed by atoms with Crippen LogP contribution >= 0.6 is 0 Å². The number of para-hydroxylation sites is 2. The number of hydrogen-bond donors (Lipinski definition) is 3. The van der Waals surface area contributed by atoms with E-state index in [4.69, 9.17) is 9.47 Å². The minimum Gasteiger partial charge on any atom is -0.496 e. The summed E-state index contributed by atoms with van der Waals surface area (Å²) in [6, 6.07) is 14.8. The predicted molar refractivity (Wildman–Crippen MR) is 116 cm³/mol. The number of carbonyl (C=O) groups is 3. The topological polar surface area (TPSA) is 110 Å². The lowest BCUT2D eigenvalue weighted by Gasteiger charge is -2.09. The van der Waals surface area contributed by atoms with Crippen LogP contribution in [-0.4, -0.2) is 49.6 Å². The van der Waals surface area contributed by atoms with Crippen LogP contribution in [0.25, 0.3) is 10.9 Å². The Balaban J connectivity index is 1.32. The number of aromatic amines is 1. The van der Waals surface area contributed by atoms with Crippen molar-refractivity contribution in [3.05, 3.63) is 65.9 Å². The first-order chi connectivity index (χ1) is 15.1. The second-order valence-corrected chi connectivity index (χ2v) is 6.83. The monoisotopic (exact) mass is 423 g/mol. The Morgan fingerprint density at radius 2 is 1.74 bits per heavy atom. The fourth-order valence-electron chi connectivity index (χ4n) is 3.15. The maximum atomic E-state index is 12.2. The molecule has 0 aliphatic heterocycles. The maximum Gasteiger partial charge on any atom is 0.308 e. The Kier molecular flexibility index (Phi) is 7.64. The largest absolute Gasteiger partial charge is 0.496 e. The molecule has 162 valence electrons. The van der Waals surface area contributed by atoms with E-state index in [2.05, 4.69) is 15.6 Å². The van der Waals surface area contributed by atoms with Gasteiger partial charge in [-0.2, -0.15) is 0 Å². The first-order valence-electron chi connectivity index (χ1n) is 9.97. The first kappa shape index (κ1) is 21.9. The molecular formula is C23H25N3O5. The van der Waals surface area contributed by atoms with Gasteiger partial charge in [0.15, 0.2) is 6.61 Å². The quantitative estimate of drug-likeness (QED) is 0.433. The summed E-state index contributed by atoms with van der Waals surface area (Å²) >= 11 is 0. The lowest BCUT2D eigenvalue weighted by atomic mass is 10.1. The summed E-state index contributed by atoms with van der Waals surface area (Å²) in [6.07, 6.45) is 2.55. The molecule has 0 fully saturated rings. The molecule has 3 rings (SSSR count). The van der Waals surface area contributed by atoms with Gasteiger partial charge in [0, 0.05) is 30.2 Å². The second kappa shape index (κ2) is 10.8. The van der Waals surface area contributed by atoms with Crippen molar-refractivity contribution in [3.8, 4) is 5.75 Å². The predicted octanol–water partition coefficient (Wildman–Crippen LogP) is 2.20. The molecule has 3 N–H and O–H groups in total. The zero-order valence-electron chi connectivity index (χ0n) is 17.3. The van der Waals surface area contributed by atoms with Crippen molar-refractivity contribution < 1.29 is 23.9 Å². The molecule has 8 heteroatoms. The highest BCUT2D eigenvalue weighted by molar-refractivity contribution is 5.97. The van der Waals surface area contributed by atoms with Crippen molar-refractivity contribution in [2.24, 2.45) is 0 Å². The lowest BCUT2D eigenvalue weighted by molar-refractivity contribution is -0.148. The normalized spacial score (nSPS) is 10.5. The summed E-state index contributed by atoms with van der Waals surface area (Å²) in [5, 5.41) is 6.49. The number of esters is 1. The minimum atomic E-state index is -0.563. The van der Waals surface area contributed by atoms with E-state index in [1.165, 1.54) is 7.11 Å². The van der Waals surface area contributed by atoms with Gasteiger partial charge in [-0.3, -0.25) is 14.4 Å². The van der Waals surface area contributed by atoms with E-state index < -0.39 is 5.97 Å². The average molecular weight is 423 g/mol. The van der Waals surface area contributed by atoms with Crippen LogP contribution in [0.3, 0.4) is 0 Å². The van der Waals surface area contributed by atoms with Gasteiger partial charge in [-0.05, 0) is 30.2 Å². The van der Waals surface area contributed by atoms with E-state index in [0.717, 1.165) is 16.5 Å². The van der Waals surface area contributed by atoms with E-state index >= 15 is 0 Å². The van der Waals surface area contributed by atoms with E-state index in [0.29, 0.717) is 24.3 Å². The van der Waals surface area contributed by atoms with E-state index in [1.54, 1.807) is 24.3 Å². The van der Waals surface area contributed by atoms with E-state index in [1.807, 2.05) is 30.5 Å². The summed E-state index contributed by atoms with van der Waals surface area (Å²) in [5.41, 5.74) is 2.54. The molecule has 0 aliphatic rings. The molecule has 0 aliphatic carbocycles. The smallest absolute Gasteiger partial charge is 0.308 e. The van der Waals surface area contributed by atoms with Gasteiger partial charge >= 0.3 is 5.97 Å². The minimum absolute atomic E-state index is 0.0382. The molecule has 3 aromatic rings. The van der Waals surface area contributed by atoms with Gasteiger partial charge in [0.25, 0.3) is 11.8 Å². The molecule has 1 aromatic heterocycles. The standard InChI is InChI=1S/C23H25N3O5/c1-30-20-9-5-3-7-18(20)23(29)25-13-11-22(28)31-15-21(27)24-12-10-16-14-26-19-8-4-2-6-17(16)19/h2-9,14,26H,10-13,15H2,1H3,(H,24,27)(H,25,29). The van der Waals surface area contributed by atoms with Crippen molar-refractivity contribution in [3.63, 3.8) is 0 Å². The van der Waals surface area contributed by atoms with Crippen molar-refractivity contribution in [1.82, 2.24) is 15.6 Å². The van der Waals surface area contributed by atoms with Crippen LogP contribution in [0.5, 0.6) is 5.75 Å². The molecule has 0 unspecified atom stereocenters. The van der Waals surface area contributed by atoms with Crippen LogP contribution in [0.1, 0.15) is 22.3 Å². The number of fused-ring (bicyclic) bond motifs is 1. The molecule has 0 saturated heterocycles. The summed E-state index contributed by atoms with van der Waals surface area (Å²) in [6.45, 7) is 0.179. The molecular weight excluding hydrogens is 398 g/mol. The molecule has 1 heterocycles. The van der Waals surface area contributed by atoms with Crippen molar-refractivity contribution in [2.75, 3.05) is 26.8 Å². The first-order valence-corrected chi connectivity index (χ1v) is 9.97. The van der Waals surface area contributed by atoms with Gasteiger partial charge in [-0.25, -0.2) is 0 Å². The lowest BCUT2D eigenvalue weighted by Crippen LogP contribution is -2.31. The number of aromatic nitrogens is 1. The molecule has 0 radical (unpaired) electrons. The third-order valence-electron chi connectivity index (χ3n) is 4.72. The summed E-state index contributed by atoms with van der Waals surface area (Å²) in [7, 11) is 1.48. The summed E-state index contributed by atoms with van der Waals surface area (Å²) in [4.78, 5) is 39.1. The molecule has 0 spiro atoms. The summed E-state index contributed by atoms with van der Waals surface area (Å²) in [5.74, 6) is -0.828. The number of hydrogen-bond acceptors (Lipinski definition) is 5. The van der Waals surface area contributed by atoms with E-state index in [-0.39, 0.29) is 31.4 Å². The van der Waals surface area contributed by atoms with Crippen LogP contribution in [0.4, 0.5) is 0 Å². The second-order valence-electron chi connectivity index (χ2n) is 6.83. The van der Waals surface area contributed by atoms with Gasteiger partial charge in [-0.15, -0.1) is 0 Å². The van der Waals surface area contributed by atoms with Crippen molar-refractivity contribution >= 4 is 28.7 Å². The van der Waals surface area contributed by atoms with Gasteiger partial charge < -0.3 is 25.1 Å².